The fourth-order valence-corrected chi connectivity index (χ4v) is 2.54. The Hall–Kier alpha value is -2.82. The second-order valence-electron chi connectivity index (χ2n) is 5.92. The van der Waals surface area contributed by atoms with Crippen LogP contribution in [0.3, 0.4) is 0 Å². The SMILES string of the molecule is COC(=O)CN(c1cccc(C)c1)[C@H](C)C(=O)NCc1ccccc1. The van der Waals surface area contributed by atoms with Gasteiger partial charge in [0.2, 0.25) is 5.91 Å². The van der Waals surface area contributed by atoms with Crippen molar-refractivity contribution in [3.63, 3.8) is 0 Å². The molecule has 1 atom stereocenters. The second-order valence-corrected chi connectivity index (χ2v) is 5.92. The summed E-state index contributed by atoms with van der Waals surface area (Å²) in [5.41, 5.74) is 2.90. The van der Waals surface area contributed by atoms with Crippen LogP contribution in [0, 0.1) is 6.92 Å². The van der Waals surface area contributed by atoms with Gasteiger partial charge < -0.3 is 15.0 Å². The molecule has 5 heteroatoms. The number of benzene rings is 2. The largest absolute Gasteiger partial charge is 0.468 e. The first-order valence-corrected chi connectivity index (χ1v) is 8.23. The van der Waals surface area contributed by atoms with Gasteiger partial charge in [-0.15, -0.1) is 0 Å². The number of nitrogens with zero attached hydrogens (tertiary/aromatic N) is 1. The number of hydrogen-bond donors (Lipinski definition) is 1. The molecule has 0 aromatic heterocycles. The summed E-state index contributed by atoms with van der Waals surface area (Å²) < 4.78 is 4.78. The van der Waals surface area contributed by atoms with Gasteiger partial charge in [-0.1, -0.05) is 42.5 Å². The average Bonchev–Trinajstić information content (AvgIpc) is 2.64. The molecule has 1 amide bonds. The number of methoxy groups -OCH3 is 1. The molecule has 0 heterocycles. The first kappa shape index (κ1) is 18.5. The molecule has 0 aliphatic carbocycles. The number of hydrogen-bond acceptors (Lipinski definition) is 4. The molecule has 1 N–H and O–H groups in total. The van der Waals surface area contributed by atoms with Crippen molar-refractivity contribution in [2.45, 2.75) is 26.4 Å². The van der Waals surface area contributed by atoms with Crippen LogP contribution in [0.4, 0.5) is 5.69 Å². The molecule has 132 valence electrons. The predicted octanol–water partition coefficient (Wildman–Crippen LogP) is 2.68. The van der Waals surface area contributed by atoms with Crippen molar-refractivity contribution in [3.8, 4) is 0 Å². The molecule has 0 aliphatic heterocycles. The number of esters is 1. The maximum Gasteiger partial charge on any atom is 0.325 e. The third-order valence-electron chi connectivity index (χ3n) is 4.02. The molecular formula is C20H24N2O3. The lowest BCUT2D eigenvalue weighted by atomic mass is 10.1. The van der Waals surface area contributed by atoms with E-state index in [9.17, 15) is 9.59 Å². The van der Waals surface area contributed by atoms with E-state index in [0.29, 0.717) is 6.54 Å². The number of nitrogens with one attached hydrogen (secondary N) is 1. The number of anilines is 1. The van der Waals surface area contributed by atoms with Gasteiger partial charge in [0.25, 0.3) is 0 Å². The second kappa shape index (κ2) is 8.87. The predicted molar refractivity (Wildman–Crippen MR) is 98.3 cm³/mol. The van der Waals surface area contributed by atoms with Gasteiger partial charge in [0.1, 0.15) is 12.6 Å². The van der Waals surface area contributed by atoms with Gasteiger partial charge in [-0.2, -0.15) is 0 Å². The Morgan fingerprint density at radius 2 is 1.84 bits per heavy atom. The zero-order valence-corrected chi connectivity index (χ0v) is 14.9. The molecule has 0 fully saturated rings. The molecule has 5 nitrogen and oxygen atoms in total. The minimum Gasteiger partial charge on any atom is -0.468 e. The highest BCUT2D eigenvalue weighted by Crippen LogP contribution is 2.19. The van der Waals surface area contributed by atoms with Crippen LogP contribution in [-0.4, -0.2) is 31.6 Å². The van der Waals surface area contributed by atoms with E-state index in [0.717, 1.165) is 16.8 Å². The summed E-state index contributed by atoms with van der Waals surface area (Å²) in [4.78, 5) is 26.1. The fraction of sp³-hybridized carbons (Fsp3) is 0.300. The van der Waals surface area contributed by atoms with Crippen LogP contribution < -0.4 is 10.2 Å². The number of carbonyl (C=O) groups excluding carboxylic acids is 2. The van der Waals surface area contributed by atoms with Gasteiger partial charge in [0.05, 0.1) is 7.11 Å². The molecule has 0 saturated carbocycles. The molecule has 0 radical (unpaired) electrons. The summed E-state index contributed by atoms with van der Waals surface area (Å²) in [5.74, 6) is -0.529. The van der Waals surface area contributed by atoms with Crippen molar-refractivity contribution in [3.05, 3.63) is 65.7 Å². The highest BCUT2D eigenvalue weighted by Gasteiger charge is 2.24. The Labute approximate surface area is 148 Å². The van der Waals surface area contributed by atoms with E-state index in [2.05, 4.69) is 5.32 Å². The van der Waals surface area contributed by atoms with Gasteiger partial charge in [-0.05, 0) is 37.1 Å². The number of amides is 1. The van der Waals surface area contributed by atoms with E-state index < -0.39 is 6.04 Å². The number of carbonyl (C=O) groups is 2. The Bertz CT molecular complexity index is 716. The van der Waals surface area contributed by atoms with Gasteiger partial charge in [-0.3, -0.25) is 9.59 Å². The lowest BCUT2D eigenvalue weighted by molar-refractivity contribution is -0.139. The maximum absolute atomic E-state index is 12.6. The third-order valence-corrected chi connectivity index (χ3v) is 4.02. The Balaban J connectivity index is 2.12. The molecule has 2 aromatic carbocycles. The van der Waals surface area contributed by atoms with E-state index in [1.165, 1.54) is 7.11 Å². The van der Waals surface area contributed by atoms with Crippen molar-refractivity contribution in [2.24, 2.45) is 0 Å². The lowest BCUT2D eigenvalue weighted by Crippen LogP contribution is -2.47. The van der Waals surface area contributed by atoms with Crippen LogP contribution in [0.2, 0.25) is 0 Å². The Kier molecular flexibility index (Phi) is 6.57. The summed E-state index contributed by atoms with van der Waals surface area (Å²) >= 11 is 0. The van der Waals surface area contributed by atoms with Gasteiger partial charge in [0, 0.05) is 12.2 Å². The quantitative estimate of drug-likeness (QED) is 0.787. The average molecular weight is 340 g/mol. The van der Waals surface area contributed by atoms with Crippen molar-refractivity contribution in [1.82, 2.24) is 5.32 Å². The van der Waals surface area contributed by atoms with Crippen LogP contribution in [-0.2, 0) is 20.9 Å². The number of aryl methyl sites for hydroxylation is 1. The molecule has 0 aliphatic rings. The monoisotopic (exact) mass is 340 g/mol. The Morgan fingerprint density at radius 1 is 1.12 bits per heavy atom. The zero-order chi connectivity index (χ0) is 18.2. The number of rotatable bonds is 7. The van der Waals surface area contributed by atoms with Gasteiger partial charge in [-0.25, -0.2) is 0 Å². The van der Waals surface area contributed by atoms with E-state index in [-0.39, 0.29) is 18.4 Å². The molecular weight excluding hydrogens is 316 g/mol. The fourth-order valence-electron chi connectivity index (χ4n) is 2.54. The topological polar surface area (TPSA) is 58.6 Å². The van der Waals surface area contributed by atoms with E-state index in [1.54, 1.807) is 11.8 Å². The molecule has 0 spiro atoms. The van der Waals surface area contributed by atoms with E-state index in [4.69, 9.17) is 4.74 Å². The summed E-state index contributed by atoms with van der Waals surface area (Å²) in [7, 11) is 1.34. The van der Waals surface area contributed by atoms with Crippen LogP contribution >= 0.6 is 0 Å². The van der Waals surface area contributed by atoms with Crippen molar-refractivity contribution < 1.29 is 14.3 Å². The van der Waals surface area contributed by atoms with Crippen LogP contribution in [0.1, 0.15) is 18.1 Å². The van der Waals surface area contributed by atoms with E-state index >= 15 is 0 Å². The summed E-state index contributed by atoms with van der Waals surface area (Å²) in [6, 6.07) is 16.9. The molecule has 2 rings (SSSR count). The first-order valence-electron chi connectivity index (χ1n) is 8.23. The normalized spacial score (nSPS) is 11.5. The van der Waals surface area contributed by atoms with Crippen molar-refractivity contribution >= 4 is 17.6 Å². The van der Waals surface area contributed by atoms with Crippen LogP contribution in [0.5, 0.6) is 0 Å². The zero-order valence-electron chi connectivity index (χ0n) is 14.9. The minimum atomic E-state index is -0.510. The smallest absolute Gasteiger partial charge is 0.325 e. The van der Waals surface area contributed by atoms with Crippen molar-refractivity contribution in [2.75, 3.05) is 18.6 Å². The van der Waals surface area contributed by atoms with E-state index in [1.807, 2.05) is 61.5 Å². The van der Waals surface area contributed by atoms with Crippen LogP contribution in [0.15, 0.2) is 54.6 Å². The number of ether oxygens (including phenoxy) is 1. The summed E-state index contributed by atoms with van der Waals surface area (Å²) in [5, 5.41) is 2.92. The molecule has 0 saturated heterocycles. The minimum absolute atomic E-state index is 0.0138. The first-order chi connectivity index (χ1) is 12.0. The summed E-state index contributed by atoms with van der Waals surface area (Å²) in [6.45, 7) is 4.22. The van der Waals surface area contributed by atoms with Gasteiger partial charge >= 0.3 is 5.97 Å². The standard InChI is InChI=1S/C20H24N2O3/c1-15-8-7-11-18(12-15)22(14-19(23)25-3)16(2)20(24)21-13-17-9-5-4-6-10-17/h4-12,16H,13-14H2,1-3H3,(H,21,24)/t16-/m1/s1. The van der Waals surface area contributed by atoms with Crippen molar-refractivity contribution in [1.29, 1.82) is 0 Å². The molecule has 0 unspecified atom stereocenters. The highest BCUT2D eigenvalue weighted by atomic mass is 16.5. The molecule has 2 aromatic rings. The van der Waals surface area contributed by atoms with Crippen LogP contribution in [0.25, 0.3) is 0 Å². The highest BCUT2D eigenvalue weighted by molar-refractivity contribution is 5.87. The lowest BCUT2D eigenvalue weighted by Gasteiger charge is -2.29. The maximum atomic E-state index is 12.6. The van der Waals surface area contributed by atoms with Gasteiger partial charge in [0.15, 0.2) is 0 Å². The molecule has 25 heavy (non-hydrogen) atoms. The third kappa shape index (κ3) is 5.35. The molecule has 0 bridgehead atoms. The Morgan fingerprint density at radius 3 is 2.48 bits per heavy atom. The summed E-state index contributed by atoms with van der Waals surface area (Å²) in [6.07, 6.45) is 0.